The van der Waals surface area contributed by atoms with E-state index < -0.39 is 26.9 Å². The van der Waals surface area contributed by atoms with E-state index in [4.69, 9.17) is 0 Å². The minimum atomic E-state index is -3.57. The molecular formula is C25H33F2N5O2S. The van der Waals surface area contributed by atoms with Gasteiger partial charge in [-0.05, 0) is 44.6 Å². The molecule has 2 aromatic rings. The highest BCUT2D eigenvalue weighted by Gasteiger charge is 2.57. The fourth-order valence-corrected chi connectivity index (χ4v) is 9.43. The van der Waals surface area contributed by atoms with E-state index in [0.29, 0.717) is 37.4 Å². The fourth-order valence-electron chi connectivity index (χ4n) is 6.96. The molecule has 4 fully saturated rings. The van der Waals surface area contributed by atoms with E-state index in [1.54, 1.807) is 12.7 Å². The van der Waals surface area contributed by atoms with E-state index in [1.165, 1.54) is 22.9 Å². The van der Waals surface area contributed by atoms with E-state index in [1.807, 2.05) is 16.4 Å². The van der Waals surface area contributed by atoms with Gasteiger partial charge in [-0.15, -0.1) is 10.2 Å². The van der Waals surface area contributed by atoms with Crippen molar-refractivity contribution in [3.63, 3.8) is 0 Å². The van der Waals surface area contributed by atoms with Gasteiger partial charge in [0.05, 0.1) is 10.9 Å². The summed E-state index contributed by atoms with van der Waals surface area (Å²) in [7, 11) is -3.57. The third kappa shape index (κ3) is 4.06. The molecule has 2 saturated heterocycles. The summed E-state index contributed by atoms with van der Waals surface area (Å²) in [6.07, 6.45) is 10.0. The number of benzene rings is 1. The highest BCUT2D eigenvalue weighted by atomic mass is 32.2. The van der Waals surface area contributed by atoms with Gasteiger partial charge in [0.15, 0.2) is 0 Å². The van der Waals surface area contributed by atoms with Gasteiger partial charge in [-0.25, -0.2) is 17.2 Å². The Kier molecular flexibility index (Phi) is 5.86. The van der Waals surface area contributed by atoms with E-state index in [2.05, 4.69) is 10.2 Å². The topological polar surface area (TPSA) is 71.3 Å². The summed E-state index contributed by atoms with van der Waals surface area (Å²) in [5, 5.41) is 7.32. The van der Waals surface area contributed by atoms with Crippen molar-refractivity contribution in [1.82, 2.24) is 19.1 Å². The van der Waals surface area contributed by atoms with Gasteiger partial charge in [0.1, 0.15) is 24.3 Å². The third-order valence-corrected chi connectivity index (χ3v) is 11.5. The number of hydrogen-bond acceptors (Lipinski definition) is 5. The van der Waals surface area contributed by atoms with Gasteiger partial charge in [-0.2, -0.15) is 4.31 Å². The molecular weight excluding hydrogens is 472 g/mol. The highest BCUT2D eigenvalue weighted by Crippen LogP contribution is 2.56. The van der Waals surface area contributed by atoms with Crippen LogP contribution in [0.1, 0.15) is 63.5 Å². The van der Waals surface area contributed by atoms with Crippen molar-refractivity contribution in [3.8, 4) is 0 Å². The predicted octanol–water partition coefficient (Wildman–Crippen LogP) is 4.13. The van der Waals surface area contributed by atoms with Crippen LogP contribution in [-0.4, -0.2) is 51.9 Å². The Morgan fingerprint density at radius 3 is 2.31 bits per heavy atom. The van der Waals surface area contributed by atoms with Crippen molar-refractivity contribution in [2.24, 2.45) is 17.8 Å². The number of rotatable bonds is 5. The van der Waals surface area contributed by atoms with Crippen LogP contribution in [0.2, 0.25) is 0 Å². The fraction of sp³-hybridized carbons (Fsp3) is 0.680. The van der Waals surface area contributed by atoms with Crippen molar-refractivity contribution in [2.75, 3.05) is 18.0 Å². The second-order valence-electron chi connectivity index (χ2n) is 11.0. The first-order chi connectivity index (χ1) is 16.8. The molecule has 0 radical (unpaired) electrons. The van der Waals surface area contributed by atoms with Gasteiger partial charge >= 0.3 is 0 Å². The van der Waals surface area contributed by atoms with Crippen LogP contribution in [0.25, 0.3) is 0 Å². The lowest BCUT2D eigenvalue weighted by atomic mass is 9.85. The number of piperidine rings is 1. The van der Waals surface area contributed by atoms with Crippen LogP contribution in [-0.2, 0) is 16.6 Å². The number of sulfonamides is 1. The van der Waals surface area contributed by atoms with E-state index in [9.17, 15) is 8.42 Å². The number of aromatic nitrogens is 3. The van der Waals surface area contributed by atoms with Crippen LogP contribution in [0.3, 0.4) is 0 Å². The largest absolute Gasteiger partial charge is 0.368 e. The smallest absolute Gasteiger partial charge is 0.217 e. The highest BCUT2D eigenvalue weighted by molar-refractivity contribution is 7.89. The maximum absolute atomic E-state index is 15.2. The number of hydrogen-bond donors (Lipinski definition) is 0. The molecule has 6 rings (SSSR count). The Balaban J connectivity index is 1.18. The number of anilines is 1. The lowest BCUT2D eigenvalue weighted by Gasteiger charge is -2.41. The quantitative estimate of drug-likeness (QED) is 0.611. The average Bonchev–Trinajstić information content (AvgIpc) is 3.21. The number of nitrogens with zero attached hydrogens (tertiary/aromatic N) is 5. The monoisotopic (exact) mass is 505 g/mol. The molecule has 190 valence electrons. The molecule has 3 heterocycles. The molecule has 0 amide bonds. The molecule has 0 N–H and O–H groups in total. The molecule has 4 atom stereocenters. The molecule has 10 heteroatoms. The molecule has 2 aliphatic carbocycles. The van der Waals surface area contributed by atoms with Crippen LogP contribution in [0.15, 0.2) is 24.8 Å². The summed E-state index contributed by atoms with van der Waals surface area (Å²) in [5.41, 5.74) is 0.369. The molecule has 4 unspecified atom stereocenters. The van der Waals surface area contributed by atoms with Crippen molar-refractivity contribution in [2.45, 2.75) is 75.7 Å². The van der Waals surface area contributed by atoms with Crippen molar-refractivity contribution in [1.29, 1.82) is 0 Å². The molecule has 0 spiro atoms. The second kappa shape index (κ2) is 8.80. The zero-order valence-electron chi connectivity index (χ0n) is 20.1. The molecule has 1 aromatic heterocycles. The Morgan fingerprint density at radius 1 is 0.943 bits per heavy atom. The van der Waals surface area contributed by atoms with Crippen LogP contribution < -0.4 is 4.90 Å². The van der Waals surface area contributed by atoms with Crippen molar-refractivity contribution in [3.05, 3.63) is 42.0 Å². The third-order valence-electron chi connectivity index (χ3n) is 8.96. The number of fused-ring (bicyclic) bond motifs is 1. The Hall–Kier alpha value is -2.07. The Labute approximate surface area is 205 Å². The maximum Gasteiger partial charge on any atom is 0.217 e. The summed E-state index contributed by atoms with van der Waals surface area (Å²) in [6, 6.07) is 2.57. The normalized spacial score (nSPS) is 33.1. The van der Waals surface area contributed by atoms with Crippen molar-refractivity contribution < 1.29 is 17.2 Å². The van der Waals surface area contributed by atoms with E-state index in [0.717, 1.165) is 32.1 Å². The summed E-state index contributed by atoms with van der Waals surface area (Å²) in [5.74, 6) is -0.0985. The van der Waals surface area contributed by atoms with Gasteiger partial charge in [0.2, 0.25) is 10.0 Å². The second-order valence-corrected chi connectivity index (χ2v) is 13.1. The summed E-state index contributed by atoms with van der Waals surface area (Å²) in [4.78, 5) is 1.90. The molecule has 1 aromatic carbocycles. The van der Waals surface area contributed by atoms with Crippen molar-refractivity contribution >= 4 is 15.7 Å². The standard InChI is InChI=1S/C25H33F2N5O2S/c1-16-7-8-24(17-5-3-2-4-6-17)35(33,34)32(16)11-18-9-22(27)23(10-21(18)26)30-12-19-20(13-30)25(19)31-14-28-29-15-31/h9-10,14-17,19-20,24-25H,2-8,11-13H2,1H3. The minimum Gasteiger partial charge on any atom is -0.368 e. The van der Waals surface area contributed by atoms with E-state index >= 15 is 8.78 Å². The zero-order chi connectivity index (χ0) is 24.3. The molecule has 4 aliphatic rings. The van der Waals surface area contributed by atoms with Crippen LogP contribution in [0.5, 0.6) is 0 Å². The minimum absolute atomic E-state index is 0.109. The Morgan fingerprint density at radius 2 is 1.63 bits per heavy atom. The first-order valence-electron chi connectivity index (χ1n) is 12.9. The first kappa shape index (κ1) is 23.3. The molecule has 35 heavy (non-hydrogen) atoms. The first-order valence-corrected chi connectivity index (χ1v) is 14.4. The van der Waals surface area contributed by atoms with Crippen LogP contribution in [0, 0.1) is 29.4 Å². The molecule has 0 bridgehead atoms. The maximum atomic E-state index is 15.2. The Bertz CT molecular complexity index is 1170. The van der Waals surface area contributed by atoms with Gasteiger partial charge in [0.25, 0.3) is 0 Å². The summed E-state index contributed by atoms with van der Waals surface area (Å²) < 4.78 is 61.0. The molecule has 7 nitrogen and oxygen atoms in total. The van der Waals surface area contributed by atoms with Gasteiger partial charge in [-0.3, -0.25) is 0 Å². The predicted molar refractivity (Wildman–Crippen MR) is 128 cm³/mol. The van der Waals surface area contributed by atoms with Crippen LogP contribution >= 0.6 is 0 Å². The average molecular weight is 506 g/mol. The SMILES string of the molecule is CC1CCC(C2CCCCC2)S(=O)(=O)N1Cc1cc(F)c(N2CC3C(C2)C3n2cnnc2)cc1F. The van der Waals surface area contributed by atoms with Gasteiger partial charge in [0, 0.05) is 55.2 Å². The zero-order valence-corrected chi connectivity index (χ0v) is 20.9. The lowest BCUT2D eigenvalue weighted by molar-refractivity contribution is 0.241. The molecule has 2 saturated carbocycles. The van der Waals surface area contributed by atoms with Gasteiger partial charge < -0.3 is 9.47 Å². The summed E-state index contributed by atoms with van der Waals surface area (Å²) >= 11 is 0. The van der Waals surface area contributed by atoms with Gasteiger partial charge in [-0.1, -0.05) is 19.3 Å². The summed E-state index contributed by atoms with van der Waals surface area (Å²) in [6.45, 7) is 3.07. The molecule has 2 aliphatic heterocycles. The van der Waals surface area contributed by atoms with Crippen LogP contribution in [0.4, 0.5) is 14.5 Å². The van der Waals surface area contributed by atoms with E-state index in [-0.39, 0.29) is 29.8 Å². The lowest BCUT2D eigenvalue weighted by Crippen LogP contribution is -2.50. The number of halogens is 2.